The van der Waals surface area contributed by atoms with Crippen molar-refractivity contribution in [2.75, 3.05) is 0 Å². The minimum Gasteiger partial charge on any atom is -0.477 e. The van der Waals surface area contributed by atoms with Gasteiger partial charge in [0, 0.05) is 5.69 Å². The van der Waals surface area contributed by atoms with Crippen LogP contribution in [0.5, 0.6) is 0 Å². The van der Waals surface area contributed by atoms with Crippen molar-refractivity contribution in [3.63, 3.8) is 0 Å². The Kier molecular flexibility index (Phi) is 2.81. The highest BCUT2D eigenvalue weighted by atomic mass is 19.4. The number of carbonyl (C=O) groups is 1. The number of carboxylic acids is 1. The summed E-state index contributed by atoms with van der Waals surface area (Å²) in [6.07, 6.45) is -4.92. The van der Waals surface area contributed by atoms with Gasteiger partial charge in [-0.15, -0.1) is 13.2 Å². The Morgan fingerprint density at radius 1 is 1.38 bits per heavy atom. The number of hydrogen-bond acceptors (Lipinski definition) is 2. The third-order valence-electron chi connectivity index (χ3n) is 2.06. The first-order valence-electron chi connectivity index (χ1n) is 4.20. The Balaban J connectivity index is 3.73. The fourth-order valence-corrected chi connectivity index (χ4v) is 1.47. The van der Waals surface area contributed by atoms with E-state index in [1.165, 1.54) is 6.92 Å². The molecule has 0 aromatic carbocycles. The molecule has 0 amide bonds. The topological polar surface area (TPSA) is 59.3 Å². The Labute approximate surface area is 87.9 Å². The van der Waals surface area contributed by atoms with Crippen LogP contribution in [-0.4, -0.2) is 15.6 Å². The van der Waals surface area contributed by atoms with Crippen molar-refractivity contribution >= 4 is 5.97 Å². The molecular formula is C9H8F3NO3. The smallest absolute Gasteiger partial charge is 0.477 e. The molecule has 0 aliphatic carbocycles. The van der Waals surface area contributed by atoms with Gasteiger partial charge in [-0.3, -0.25) is 4.79 Å². The zero-order valence-electron chi connectivity index (χ0n) is 8.42. The zero-order valence-corrected chi connectivity index (χ0v) is 8.42. The van der Waals surface area contributed by atoms with Crippen molar-refractivity contribution in [1.82, 2.24) is 4.57 Å². The Bertz CT molecular complexity index is 502. The predicted octanol–water partition coefficient (Wildman–Crippen LogP) is 1.64. The van der Waals surface area contributed by atoms with Crippen LogP contribution in [0.15, 0.2) is 10.9 Å². The molecule has 16 heavy (non-hydrogen) atoms. The largest absolute Gasteiger partial charge is 0.491 e. The lowest BCUT2D eigenvalue weighted by Crippen LogP contribution is -2.36. The molecule has 4 nitrogen and oxygen atoms in total. The van der Waals surface area contributed by atoms with Crippen LogP contribution in [0, 0.1) is 13.8 Å². The van der Waals surface area contributed by atoms with Crippen molar-refractivity contribution in [2.45, 2.75) is 20.1 Å². The first-order valence-corrected chi connectivity index (χ1v) is 4.20. The van der Waals surface area contributed by atoms with Crippen LogP contribution in [-0.2, 0) is 6.30 Å². The molecule has 1 aromatic heterocycles. The highest BCUT2D eigenvalue weighted by Gasteiger charge is 2.35. The average Bonchev–Trinajstić information content (AvgIpc) is 1.97. The molecule has 0 saturated carbocycles. The van der Waals surface area contributed by atoms with Crippen molar-refractivity contribution < 1.29 is 23.1 Å². The van der Waals surface area contributed by atoms with Gasteiger partial charge < -0.3 is 5.11 Å². The standard InChI is InChI=1S/C9H8F3NO3/c1-4-3-5(2)13(9(10,11)12)7(14)6(4)8(15)16/h3H,1-2H3,(H,15,16). The minimum absolute atomic E-state index is 0.00972. The molecule has 0 aliphatic rings. The lowest BCUT2D eigenvalue weighted by atomic mass is 10.1. The van der Waals surface area contributed by atoms with Gasteiger partial charge >= 0.3 is 12.3 Å². The summed E-state index contributed by atoms with van der Waals surface area (Å²) in [6.45, 7) is 2.37. The maximum absolute atomic E-state index is 12.5. The molecule has 1 rings (SSSR count). The van der Waals surface area contributed by atoms with Crippen molar-refractivity contribution in [3.8, 4) is 0 Å². The van der Waals surface area contributed by atoms with E-state index in [0.717, 1.165) is 13.0 Å². The van der Waals surface area contributed by atoms with Gasteiger partial charge in [-0.25, -0.2) is 9.36 Å². The molecule has 0 radical (unpaired) electrons. The predicted molar refractivity (Wildman–Crippen MR) is 48.4 cm³/mol. The van der Waals surface area contributed by atoms with Crippen LogP contribution >= 0.6 is 0 Å². The van der Waals surface area contributed by atoms with Crippen LogP contribution in [0.2, 0.25) is 0 Å². The normalized spacial score (nSPS) is 11.6. The maximum atomic E-state index is 12.5. The number of aromatic carboxylic acids is 1. The van der Waals surface area contributed by atoms with Gasteiger partial charge in [0.1, 0.15) is 5.56 Å². The van der Waals surface area contributed by atoms with E-state index in [9.17, 15) is 22.8 Å². The molecule has 0 saturated heterocycles. The van der Waals surface area contributed by atoms with Gasteiger partial charge in [-0.2, -0.15) is 0 Å². The van der Waals surface area contributed by atoms with Gasteiger partial charge in [0.2, 0.25) is 0 Å². The number of aromatic nitrogens is 1. The number of pyridine rings is 1. The lowest BCUT2D eigenvalue weighted by molar-refractivity contribution is -0.207. The summed E-state index contributed by atoms with van der Waals surface area (Å²) in [7, 11) is 0. The fraction of sp³-hybridized carbons (Fsp3) is 0.333. The van der Waals surface area contributed by atoms with E-state index in [2.05, 4.69) is 0 Å². The SMILES string of the molecule is Cc1cc(C)n(C(F)(F)F)c(=O)c1C(=O)O. The van der Waals surface area contributed by atoms with E-state index in [1.807, 2.05) is 0 Å². The minimum atomic E-state index is -4.92. The van der Waals surface area contributed by atoms with E-state index >= 15 is 0 Å². The Morgan fingerprint density at radius 3 is 2.25 bits per heavy atom. The number of alkyl halides is 3. The number of halogens is 3. The van der Waals surface area contributed by atoms with E-state index in [-0.39, 0.29) is 11.3 Å². The number of nitrogens with zero attached hydrogens (tertiary/aromatic N) is 1. The van der Waals surface area contributed by atoms with Gasteiger partial charge in [0.15, 0.2) is 0 Å². The van der Waals surface area contributed by atoms with Crippen LogP contribution < -0.4 is 5.56 Å². The molecule has 1 N–H and O–H groups in total. The van der Waals surface area contributed by atoms with Crippen molar-refractivity contribution in [3.05, 3.63) is 33.2 Å². The summed E-state index contributed by atoms with van der Waals surface area (Å²) in [5.41, 5.74) is -2.75. The van der Waals surface area contributed by atoms with E-state index in [1.54, 1.807) is 0 Å². The second kappa shape index (κ2) is 3.66. The molecule has 88 valence electrons. The number of rotatable bonds is 1. The third-order valence-corrected chi connectivity index (χ3v) is 2.06. The number of hydrogen-bond donors (Lipinski definition) is 1. The summed E-state index contributed by atoms with van der Waals surface area (Å²) < 4.78 is 36.9. The summed E-state index contributed by atoms with van der Waals surface area (Å²) >= 11 is 0. The van der Waals surface area contributed by atoms with Crippen molar-refractivity contribution in [1.29, 1.82) is 0 Å². The van der Waals surface area contributed by atoms with Crippen LogP contribution in [0.25, 0.3) is 0 Å². The van der Waals surface area contributed by atoms with Crippen LogP contribution in [0.3, 0.4) is 0 Å². The third kappa shape index (κ3) is 1.93. The summed E-state index contributed by atoms with van der Waals surface area (Å²) in [6, 6.07) is 1.01. The molecule has 0 aliphatic heterocycles. The summed E-state index contributed by atoms with van der Waals surface area (Å²) in [4.78, 5) is 22.0. The molecule has 7 heteroatoms. The first kappa shape index (κ1) is 12.3. The van der Waals surface area contributed by atoms with Gasteiger partial charge in [0.05, 0.1) is 0 Å². The number of carboxylic acid groups (broad SMARTS) is 1. The molecule has 0 bridgehead atoms. The summed E-state index contributed by atoms with van der Waals surface area (Å²) in [5.74, 6) is -1.67. The second-order valence-electron chi connectivity index (χ2n) is 3.26. The Morgan fingerprint density at radius 2 is 1.88 bits per heavy atom. The Hall–Kier alpha value is -1.79. The zero-order chi connectivity index (χ0) is 12.7. The van der Waals surface area contributed by atoms with Gasteiger partial charge in [-0.1, -0.05) is 0 Å². The lowest BCUT2D eigenvalue weighted by Gasteiger charge is -2.14. The molecule has 1 heterocycles. The molecule has 0 atom stereocenters. The van der Waals surface area contributed by atoms with Gasteiger partial charge in [-0.05, 0) is 25.5 Å². The number of aryl methyl sites for hydroxylation is 2. The fourth-order valence-electron chi connectivity index (χ4n) is 1.47. The van der Waals surface area contributed by atoms with E-state index < -0.39 is 28.0 Å². The first-order chi connectivity index (χ1) is 7.16. The van der Waals surface area contributed by atoms with Crippen LogP contribution in [0.1, 0.15) is 21.6 Å². The monoisotopic (exact) mass is 235 g/mol. The van der Waals surface area contributed by atoms with Crippen molar-refractivity contribution in [2.24, 2.45) is 0 Å². The molecule has 0 unspecified atom stereocenters. The maximum Gasteiger partial charge on any atom is 0.491 e. The quantitative estimate of drug-likeness (QED) is 0.804. The molecule has 1 aromatic rings. The van der Waals surface area contributed by atoms with Crippen LogP contribution in [0.4, 0.5) is 13.2 Å². The summed E-state index contributed by atoms with van der Waals surface area (Å²) in [5, 5.41) is 8.65. The highest BCUT2D eigenvalue weighted by molar-refractivity contribution is 5.88. The highest BCUT2D eigenvalue weighted by Crippen LogP contribution is 2.22. The van der Waals surface area contributed by atoms with E-state index in [4.69, 9.17) is 5.11 Å². The molecule has 0 fully saturated rings. The second-order valence-corrected chi connectivity index (χ2v) is 3.26. The van der Waals surface area contributed by atoms with E-state index in [0.29, 0.717) is 0 Å². The van der Waals surface area contributed by atoms with Gasteiger partial charge in [0.25, 0.3) is 5.56 Å². The molecular weight excluding hydrogens is 227 g/mol. The average molecular weight is 235 g/mol. The molecule has 0 spiro atoms.